The molecule has 0 aliphatic carbocycles. The Kier molecular flexibility index (Phi) is 7.99. The van der Waals surface area contributed by atoms with Gasteiger partial charge in [0.15, 0.2) is 5.11 Å². The molecule has 26 heavy (non-hydrogen) atoms. The van der Waals surface area contributed by atoms with Crippen molar-refractivity contribution in [3.8, 4) is 0 Å². The number of benzene rings is 2. The van der Waals surface area contributed by atoms with Crippen molar-refractivity contribution < 1.29 is 9.59 Å². The molecule has 136 valence electrons. The molecule has 2 rings (SSSR count). The molecule has 0 heterocycles. The van der Waals surface area contributed by atoms with Gasteiger partial charge < -0.3 is 10.6 Å². The summed E-state index contributed by atoms with van der Waals surface area (Å²) in [5, 5.41) is 8.66. The molecular weight excluding hydrogens is 461 g/mol. The molecule has 0 aromatic heterocycles. The van der Waals surface area contributed by atoms with Gasteiger partial charge in [-0.05, 0) is 77.6 Å². The van der Waals surface area contributed by atoms with Crippen molar-refractivity contribution in [3.05, 3.63) is 57.7 Å². The molecule has 0 spiro atoms. The van der Waals surface area contributed by atoms with Crippen molar-refractivity contribution in [1.29, 1.82) is 0 Å². The van der Waals surface area contributed by atoms with Gasteiger partial charge in [0.1, 0.15) is 0 Å². The summed E-state index contributed by atoms with van der Waals surface area (Å²) < 4.78 is 0.973. The Labute approximate surface area is 172 Å². The van der Waals surface area contributed by atoms with Gasteiger partial charge in [0.2, 0.25) is 5.91 Å². The highest BCUT2D eigenvalue weighted by atomic mass is 127. The molecule has 3 N–H and O–H groups in total. The minimum Gasteiger partial charge on any atom is -0.332 e. The quantitative estimate of drug-likeness (QED) is 0.419. The van der Waals surface area contributed by atoms with Gasteiger partial charge in [0.25, 0.3) is 5.91 Å². The van der Waals surface area contributed by atoms with Crippen LogP contribution in [0.3, 0.4) is 0 Å². The molecule has 7 heteroatoms. The number of unbranched alkanes of at least 4 members (excludes halogenated alkanes) is 1. The van der Waals surface area contributed by atoms with Gasteiger partial charge in [-0.25, -0.2) is 0 Å². The molecule has 5 nitrogen and oxygen atoms in total. The van der Waals surface area contributed by atoms with Crippen LogP contribution < -0.4 is 16.0 Å². The second-order valence-electron chi connectivity index (χ2n) is 5.65. The number of nitrogens with one attached hydrogen (secondary N) is 3. The highest BCUT2D eigenvalue weighted by Crippen LogP contribution is 2.16. The van der Waals surface area contributed by atoms with Crippen LogP contribution in [-0.2, 0) is 4.79 Å². The lowest BCUT2D eigenvalue weighted by Gasteiger charge is -2.11. The van der Waals surface area contributed by atoms with Crippen LogP contribution in [0.4, 0.5) is 11.4 Å². The van der Waals surface area contributed by atoms with Crippen LogP contribution in [-0.4, -0.2) is 16.9 Å². The van der Waals surface area contributed by atoms with Crippen LogP contribution in [0.2, 0.25) is 0 Å². The molecule has 0 aliphatic rings. The fraction of sp³-hybridized carbons (Fsp3) is 0.211. The molecule has 0 aliphatic heterocycles. The third-order valence-corrected chi connectivity index (χ3v) is 4.35. The molecule has 0 saturated heterocycles. The number of rotatable bonds is 6. The third kappa shape index (κ3) is 6.72. The van der Waals surface area contributed by atoms with Gasteiger partial charge in [0, 0.05) is 26.9 Å². The van der Waals surface area contributed by atoms with E-state index in [4.69, 9.17) is 12.2 Å². The van der Waals surface area contributed by atoms with Gasteiger partial charge in [-0.2, -0.15) is 0 Å². The topological polar surface area (TPSA) is 70.2 Å². The van der Waals surface area contributed by atoms with Crippen LogP contribution in [0.1, 0.15) is 36.5 Å². The Balaban J connectivity index is 1.93. The number of amides is 2. The van der Waals surface area contributed by atoms with Gasteiger partial charge in [0.05, 0.1) is 0 Å². The molecule has 2 amide bonds. The van der Waals surface area contributed by atoms with E-state index in [9.17, 15) is 9.59 Å². The third-order valence-electron chi connectivity index (χ3n) is 3.48. The van der Waals surface area contributed by atoms with Crippen molar-refractivity contribution in [2.24, 2.45) is 0 Å². The van der Waals surface area contributed by atoms with E-state index in [0.29, 0.717) is 23.4 Å². The van der Waals surface area contributed by atoms with Crippen LogP contribution in [0.25, 0.3) is 0 Å². The van der Waals surface area contributed by atoms with E-state index in [1.807, 2.05) is 37.3 Å². The number of halogens is 1. The minimum atomic E-state index is -0.273. The zero-order valence-electron chi connectivity index (χ0n) is 14.3. The summed E-state index contributed by atoms with van der Waals surface area (Å²) in [5.74, 6) is -0.288. The first kappa shape index (κ1) is 20.3. The van der Waals surface area contributed by atoms with Gasteiger partial charge >= 0.3 is 0 Å². The van der Waals surface area contributed by atoms with E-state index in [0.717, 1.165) is 16.4 Å². The van der Waals surface area contributed by atoms with E-state index in [1.165, 1.54) is 0 Å². The lowest BCUT2D eigenvalue weighted by Crippen LogP contribution is -2.34. The number of carbonyl (C=O) groups is 2. The first-order valence-electron chi connectivity index (χ1n) is 8.25. The van der Waals surface area contributed by atoms with Gasteiger partial charge in [-0.3, -0.25) is 14.9 Å². The SMILES string of the molecule is CCCCC(=O)Nc1cccc(NC(=S)NC(=O)c2cccc(I)c2)c1. The number of thiocarbonyl (C=S) groups is 1. The van der Waals surface area contributed by atoms with Crippen molar-refractivity contribution in [2.75, 3.05) is 10.6 Å². The maximum Gasteiger partial charge on any atom is 0.257 e. The summed E-state index contributed by atoms with van der Waals surface area (Å²) in [6, 6.07) is 14.4. The standard InChI is InChI=1S/C19H20IN3O2S/c1-2-3-10-17(24)21-15-8-5-9-16(12-15)22-19(26)23-18(25)13-6-4-7-14(20)11-13/h4-9,11-12H,2-3,10H2,1H3,(H,21,24)(H2,22,23,25,26). The summed E-state index contributed by atoms with van der Waals surface area (Å²) in [6.07, 6.45) is 2.33. The van der Waals surface area contributed by atoms with Crippen LogP contribution in [0.15, 0.2) is 48.5 Å². The molecule has 2 aromatic carbocycles. The summed E-state index contributed by atoms with van der Waals surface area (Å²) >= 11 is 7.35. The predicted octanol–water partition coefficient (Wildman–Crippen LogP) is 4.55. The lowest BCUT2D eigenvalue weighted by molar-refractivity contribution is -0.116. The zero-order valence-corrected chi connectivity index (χ0v) is 17.3. The van der Waals surface area contributed by atoms with Crippen LogP contribution >= 0.6 is 34.8 Å². The maximum atomic E-state index is 12.2. The number of hydrogen-bond acceptors (Lipinski definition) is 3. The summed E-state index contributed by atoms with van der Waals surface area (Å²) in [7, 11) is 0. The molecule has 0 bridgehead atoms. The van der Waals surface area contributed by atoms with Gasteiger partial charge in [-0.1, -0.05) is 25.5 Å². The molecule has 0 unspecified atom stereocenters. The van der Waals surface area contributed by atoms with Gasteiger partial charge in [-0.15, -0.1) is 0 Å². The summed E-state index contributed by atoms with van der Waals surface area (Å²) in [6.45, 7) is 2.05. The fourth-order valence-electron chi connectivity index (χ4n) is 2.20. The Morgan fingerprint density at radius 3 is 2.42 bits per heavy atom. The van der Waals surface area contributed by atoms with Crippen molar-refractivity contribution >= 4 is 63.1 Å². The minimum absolute atomic E-state index is 0.0152. The number of hydrogen-bond donors (Lipinski definition) is 3. The van der Waals surface area contributed by atoms with Crippen molar-refractivity contribution in [3.63, 3.8) is 0 Å². The van der Waals surface area contributed by atoms with E-state index < -0.39 is 0 Å². The molecular formula is C19H20IN3O2S. The molecule has 0 fully saturated rings. The van der Waals surface area contributed by atoms with Crippen molar-refractivity contribution in [2.45, 2.75) is 26.2 Å². The number of anilines is 2. The molecule has 0 atom stereocenters. The summed E-state index contributed by atoms with van der Waals surface area (Å²) in [4.78, 5) is 24.0. The normalized spacial score (nSPS) is 10.1. The number of carbonyl (C=O) groups excluding carboxylic acids is 2. The highest BCUT2D eigenvalue weighted by molar-refractivity contribution is 14.1. The molecule has 0 radical (unpaired) electrons. The molecule has 0 saturated carbocycles. The Bertz CT molecular complexity index is 811. The largest absolute Gasteiger partial charge is 0.332 e. The second-order valence-corrected chi connectivity index (χ2v) is 7.31. The average Bonchev–Trinajstić information content (AvgIpc) is 2.60. The first-order chi connectivity index (χ1) is 12.5. The second kappa shape index (κ2) is 10.2. The van der Waals surface area contributed by atoms with Crippen molar-refractivity contribution in [1.82, 2.24) is 5.32 Å². The smallest absolute Gasteiger partial charge is 0.257 e. The lowest BCUT2D eigenvalue weighted by atomic mass is 10.2. The van der Waals surface area contributed by atoms with E-state index >= 15 is 0 Å². The zero-order chi connectivity index (χ0) is 18.9. The van der Waals surface area contributed by atoms with Crippen LogP contribution in [0, 0.1) is 3.57 Å². The van der Waals surface area contributed by atoms with E-state index in [-0.39, 0.29) is 16.9 Å². The highest BCUT2D eigenvalue weighted by Gasteiger charge is 2.09. The monoisotopic (exact) mass is 481 g/mol. The predicted molar refractivity (Wildman–Crippen MR) is 117 cm³/mol. The first-order valence-corrected chi connectivity index (χ1v) is 9.74. The Hall–Kier alpha value is -2.00. The Morgan fingerprint density at radius 1 is 1.04 bits per heavy atom. The van der Waals surface area contributed by atoms with E-state index in [1.54, 1.807) is 18.2 Å². The van der Waals surface area contributed by atoms with E-state index in [2.05, 4.69) is 38.5 Å². The fourth-order valence-corrected chi connectivity index (χ4v) is 2.96. The average molecular weight is 481 g/mol. The van der Waals surface area contributed by atoms with Crippen LogP contribution in [0.5, 0.6) is 0 Å². The maximum absolute atomic E-state index is 12.2. The summed E-state index contributed by atoms with van der Waals surface area (Å²) in [5.41, 5.74) is 1.91. The Morgan fingerprint density at radius 2 is 1.73 bits per heavy atom. The molecule has 2 aromatic rings.